The van der Waals surface area contributed by atoms with E-state index in [1.54, 1.807) is 47.4 Å². The number of hydrogen-bond donors (Lipinski definition) is 1. The number of carbonyl (C=O) groups is 3. The summed E-state index contributed by atoms with van der Waals surface area (Å²) in [6.07, 6.45) is 0. The van der Waals surface area contributed by atoms with E-state index in [-0.39, 0.29) is 29.2 Å². The van der Waals surface area contributed by atoms with Crippen molar-refractivity contribution in [3.63, 3.8) is 0 Å². The Kier molecular flexibility index (Phi) is 6.77. The Hall–Kier alpha value is -3.12. The van der Waals surface area contributed by atoms with Gasteiger partial charge in [-0.2, -0.15) is 0 Å². The fraction of sp³-hybridized carbons (Fsp3) is 0.308. The number of thiazole rings is 1. The molecule has 4 heterocycles. The van der Waals surface area contributed by atoms with Gasteiger partial charge in [-0.1, -0.05) is 46.8 Å². The van der Waals surface area contributed by atoms with Crippen molar-refractivity contribution in [2.75, 3.05) is 37.8 Å². The lowest BCUT2D eigenvalue weighted by molar-refractivity contribution is -0.137. The van der Waals surface area contributed by atoms with Crippen LogP contribution in [0.5, 0.6) is 5.75 Å². The highest BCUT2D eigenvalue weighted by Gasteiger charge is 2.56. The van der Waals surface area contributed by atoms with Gasteiger partial charge in [0.15, 0.2) is 6.61 Å². The first-order valence-electron chi connectivity index (χ1n) is 12.0. The smallest absolute Gasteiger partial charge is 0.305 e. The molecule has 3 aliphatic heterocycles. The topological polar surface area (TPSA) is 109 Å². The molecule has 0 aliphatic carbocycles. The molecule has 0 radical (unpaired) electrons. The summed E-state index contributed by atoms with van der Waals surface area (Å²) in [5.41, 5.74) is 1.18. The summed E-state index contributed by atoms with van der Waals surface area (Å²) in [6.45, 7) is 1.94. The Morgan fingerprint density at radius 2 is 1.84 bits per heavy atom. The predicted octanol–water partition coefficient (Wildman–Crippen LogP) is 3.12. The van der Waals surface area contributed by atoms with Crippen molar-refractivity contribution in [3.05, 3.63) is 73.7 Å². The highest BCUT2D eigenvalue weighted by molar-refractivity contribution is 8.00. The van der Waals surface area contributed by atoms with Crippen molar-refractivity contribution in [1.29, 1.82) is 0 Å². The Bertz CT molecular complexity index is 1470. The van der Waals surface area contributed by atoms with Crippen molar-refractivity contribution < 1.29 is 23.9 Å². The lowest BCUT2D eigenvalue weighted by atomic mass is 9.83. The fourth-order valence-corrected chi connectivity index (χ4v) is 7.71. The number of morpholine rings is 1. The lowest BCUT2D eigenvalue weighted by Crippen LogP contribution is -2.42. The molecule has 2 fully saturated rings. The van der Waals surface area contributed by atoms with E-state index in [1.165, 1.54) is 16.7 Å². The number of carbonyl (C=O) groups excluding carboxylic acids is 3. The molecule has 196 valence electrons. The molecule has 3 atom stereocenters. The van der Waals surface area contributed by atoms with Crippen molar-refractivity contribution in [1.82, 2.24) is 9.88 Å². The first kappa shape index (κ1) is 25.2. The maximum atomic E-state index is 13.8. The number of H-pyrrole nitrogens is 1. The summed E-state index contributed by atoms with van der Waals surface area (Å²) in [6, 6.07) is 13.7. The zero-order chi connectivity index (χ0) is 26.4. The number of anilines is 1. The molecule has 0 saturated carbocycles. The van der Waals surface area contributed by atoms with E-state index in [1.807, 2.05) is 6.07 Å². The molecule has 3 amide bonds. The van der Waals surface area contributed by atoms with E-state index < -0.39 is 17.1 Å². The van der Waals surface area contributed by atoms with Gasteiger partial charge < -0.3 is 19.4 Å². The number of rotatable bonds is 5. The molecule has 1 aromatic heterocycles. The van der Waals surface area contributed by atoms with Gasteiger partial charge in [-0.15, -0.1) is 0 Å². The number of hydrogen-bond acceptors (Lipinski definition) is 8. The van der Waals surface area contributed by atoms with E-state index in [4.69, 9.17) is 21.1 Å². The Labute approximate surface area is 230 Å². The minimum atomic E-state index is -0.715. The number of amides is 3. The Balaban J connectivity index is 1.32. The van der Waals surface area contributed by atoms with Gasteiger partial charge in [0.05, 0.1) is 29.8 Å². The van der Waals surface area contributed by atoms with Crippen LogP contribution in [-0.4, -0.2) is 65.8 Å². The fourth-order valence-electron chi connectivity index (χ4n) is 5.07. The third-order valence-electron chi connectivity index (χ3n) is 6.85. The van der Waals surface area contributed by atoms with Crippen LogP contribution in [0.25, 0.3) is 0 Å². The molecule has 12 heteroatoms. The van der Waals surface area contributed by atoms with Crippen LogP contribution in [0.2, 0.25) is 5.02 Å². The van der Waals surface area contributed by atoms with E-state index in [0.29, 0.717) is 52.7 Å². The number of fused-ring (bicyclic) bond motifs is 2. The summed E-state index contributed by atoms with van der Waals surface area (Å²) >= 11 is 8.28. The second-order valence-corrected chi connectivity index (χ2v) is 11.7. The predicted molar refractivity (Wildman–Crippen MR) is 143 cm³/mol. The Morgan fingerprint density at radius 1 is 1.08 bits per heavy atom. The molecule has 3 aromatic rings. The van der Waals surface area contributed by atoms with Crippen LogP contribution in [0.4, 0.5) is 5.69 Å². The molecule has 3 unspecified atom stereocenters. The first-order valence-corrected chi connectivity index (χ1v) is 14.1. The van der Waals surface area contributed by atoms with Gasteiger partial charge in [0.2, 0.25) is 11.8 Å². The number of benzene rings is 2. The first-order chi connectivity index (χ1) is 18.4. The van der Waals surface area contributed by atoms with Crippen LogP contribution in [0, 0.1) is 5.92 Å². The van der Waals surface area contributed by atoms with Gasteiger partial charge in [-0.3, -0.25) is 19.2 Å². The second-order valence-electron chi connectivity index (χ2n) is 9.09. The number of aromatic amines is 1. The van der Waals surface area contributed by atoms with E-state index in [2.05, 4.69) is 4.98 Å². The molecule has 38 heavy (non-hydrogen) atoms. The quantitative estimate of drug-likeness (QED) is 0.469. The number of aromatic nitrogens is 1. The van der Waals surface area contributed by atoms with Gasteiger partial charge in [0.1, 0.15) is 11.0 Å². The van der Waals surface area contributed by atoms with Crippen LogP contribution in [0.15, 0.2) is 58.4 Å². The molecule has 3 aliphatic rings. The molecule has 2 saturated heterocycles. The minimum Gasteiger partial charge on any atom is -0.484 e. The van der Waals surface area contributed by atoms with E-state index in [9.17, 15) is 19.2 Å². The standard InChI is InChI=1S/C26H22ClN3O6S2/c27-15-4-6-16(7-5-15)30-24(32)20-19(21-23(28-26(34)38-21)37-22(20)25(30)33)14-2-1-3-17(12-14)36-13-18(31)29-8-10-35-11-9-29/h1-7,12,19-20,22H,8-11,13H2,(H,28,34). The summed E-state index contributed by atoms with van der Waals surface area (Å²) in [7, 11) is 0. The molecular weight excluding hydrogens is 550 g/mol. The van der Waals surface area contributed by atoms with E-state index in [0.717, 1.165) is 16.9 Å². The summed E-state index contributed by atoms with van der Waals surface area (Å²) in [5.74, 6) is -1.58. The van der Waals surface area contributed by atoms with Gasteiger partial charge in [-0.05, 0) is 42.0 Å². The zero-order valence-electron chi connectivity index (χ0n) is 19.9. The molecule has 0 spiro atoms. The highest BCUT2D eigenvalue weighted by atomic mass is 35.5. The summed E-state index contributed by atoms with van der Waals surface area (Å²) < 4.78 is 11.1. The average molecular weight is 572 g/mol. The summed E-state index contributed by atoms with van der Waals surface area (Å²) in [5, 5.41) is 0.397. The lowest BCUT2D eigenvalue weighted by Gasteiger charge is -2.30. The average Bonchev–Trinajstić information content (AvgIpc) is 3.42. The zero-order valence-corrected chi connectivity index (χ0v) is 22.3. The number of thioether (sulfide) groups is 1. The second kappa shape index (κ2) is 10.2. The summed E-state index contributed by atoms with van der Waals surface area (Å²) in [4.78, 5) is 58.4. The van der Waals surface area contributed by atoms with Gasteiger partial charge >= 0.3 is 4.87 Å². The molecule has 2 aromatic carbocycles. The molecule has 1 N–H and O–H groups in total. The number of nitrogens with zero attached hydrogens (tertiary/aromatic N) is 2. The number of nitrogens with one attached hydrogen (secondary N) is 1. The molecule has 9 nitrogen and oxygen atoms in total. The number of halogens is 1. The largest absolute Gasteiger partial charge is 0.484 e. The van der Waals surface area contributed by atoms with Crippen LogP contribution in [0.1, 0.15) is 16.4 Å². The van der Waals surface area contributed by atoms with Crippen molar-refractivity contribution in [2.45, 2.75) is 16.2 Å². The van der Waals surface area contributed by atoms with E-state index >= 15 is 0 Å². The molecule has 0 bridgehead atoms. The van der Waals surface area contributed by atoms with Gasteiger partial charge in [-0.25, -0.2) is 4.90 Å². The third-order valence-corrected chi connectivity index (χ3v) is 9.51. The van der Waals surface area contributed by atoms with Crippen LogP contribution >= 0.6 is 34.7 Å². The number of imide groups is 1. The van der Waals surface area contributed by atoms with Crippen molar-refractivity contribution in [2.24, 2.45) is 5.92 Å². The van der Waals surface area contributed by atoms with Crippen LogP contribution in [-0.2, 0) is 19.1 Å². The van der Waals surface area contributed by atoms with Crippen molar-refractivity contribution in [3.8, 4) is 5.75 Å². The third kappa shape index (κ3) is 4.53. The maximum absolute atomic E-state index is 13.8. The maximum Gasteiger partial charge on any atom is 0.305 e. The van der Waals surface area contributed by atoms with Gasteiger partial charge in [0.25, 0.3) is 5.91 Å². The minimum absolute atomic E-state index is 0.124. The molecular formula is C26H22ClN3O6S2. The normalized spacial score (nSPS) is 22.8. The van der Waals surface area contributed by atoms with Crippen LogP contribution in [0.3, 0.4) is 0 Å². The highest BCUT2D eigenvalue weighted by Crippen LogP contribution is 2.53. The van der Waals surface area contributed by atoms with Crippen molar-refractivity contribution >= 4 is 58.1 Å². The van der Waals surface area contributed by atoms with Crippen LogP contribution < -0.4 is 14.5 Å². The SMILES string of the molecule is O=C(COc1cccc(C2c3sc(=O)[nH]c3SC3C(=O)N(c4ccc(Cl)cc4)C(=O)C32)c1)N1CCOCC1. The molecule has 6 rings (SSSR count). The number of ether oxygens (including phenoxy) is 2. The monoisotopic (exact) mass is 571 g/mol. The Morgan fingerprint density at radius 3 is 2.61 bits per heavy atom. The van der Waals surface area contributed by atoms with Gasteiger partial charge in [0, 0.05) is 28.9 Å².